The van der Waals surface area contributed by atoms with Gasteiger partial charge in [-0.25, -0.2) is 9.97 Å². The van der Waals surface area contributed by atoms with Gasteiger partial charge in [0.05, 0.1) is 11.6 Å². The number of carbonyl (C=O) groups is 2. The van der Waals surface area contributed by atoms with Gasteiger partial charge >= 0.3 is 0 Å². The minimum atomic E-state index is -0.502. The fraction of sp³-hybridized carbons (Fsp3) is 0.182. The SMILES string of the molecule is Cc1nccc(-c2cccc(NC(=O)C3CSCN3C(=O)c3ccccc3)c2)n1. The molecule has 0 saturated carbocycles. The van der Waals surface area contributed by atoms with Crippen LogP contribution in [0.5, 0.6) is 0 Å². The quantitative estimate of drug-likeness (QED) is 0.719. The Hall–Kier alpha value is -3.19. The lowest BCUT2D eigenvalue weighted by molar-refractivity contribution is -0.119. The van der Waals surface area contributed by atoms with Crippen LogP contribution in [0.3, 0.4) is 0 Å². The second kappa shape index (κ2) is 8.45. The third-order valence-electron chi connectivity index (χ3n) is 4.67. The lowest BCUT2D eigenvalue weighted by atomic mass is 10.1. The van der Waals surface area contributed by atoms with Gasteiger partial charge in [0.1, 0.15) is 11.9 Å². The fourth-order valence-corrected chi connectivity index (χ4v) is 4.36. The van der Waals surface area contributed by atoms with E-state index in [2.05, 4.69) is 15.3 Å². The Morgan fingerprint density at radius 1 is 1.10 bits per heavy atom. The van der Waals surface area contributed by atoms with Crippen LogP contribution in [0, 0.1) is 6.92 Å². The first kappa shape index (κ1) is 19.1. The van der Waals surface area contributed by atoms with Gasteiger partial charge in [-0.1, -0.05) is 30.3 Å². The molecule has 29 heavy (non-hydrogen) atoms. The average molecular weight is 404 g/mol. The van der Waals surface area contributed by atoms with E-state index >= 15 is 0 Å². The number of benzene rings is 2. The summed E-state index contributed by atoms with van der Waals surface area (Å²) in [5, 5.41) is 2.96. The number of hydrogen-bond donors (Lipinski definition) is 1. The zero-order chi connectivity index (χ0) is 20.2. The van der Waals surface area contributed by atoms with Crippen LogP contribution in [-0.2, 0) is 4.79 Å². The van der Waals surface area contributed by atoms with E-state index in [4.69, 9.17) is 0 Å². The lowest BCUT2D eigenvalue weighted by Crippen LogP contribution is -2.44. The van der Waals surface area contributed by atoms with Crippen LogP contribution < -0.4 is 5.32 Å². The van der Waals surface area contributed by atoms with Gasteiger partial charge in [-0.05, 0) is 37.3 Å². The Morgan fingerprint density at radius 2 is 1.93 bits per heavy atom. The number of nitrogens with zero attached hydrogens (tertiary/aromatic N) is 3. The molecule has 1 aliphatic heterocycles. The van der Waals surface area contributed by atoms with Crippen molar-refractivity contribution >= 4 is 29.3 Å². The molecule has 4 rings (SSSR count). The number of carbonyl (C=O) groups excluding carboxylic acids is 2. The zero-order valence-electron chi connectivity index (χ0n) is 15.9. The summed E-state index contributed by atoms with van der Waals surface area (Å²) < 4.78 is 0. The highest BCUT2D eigenvalue weighted by Gasteiger charge is 2.35. The summed E-state index contributed by atoms with van der Waals surface area (Å²) in [5.74, 6) is 1.47. The maximum atomic E-state index is 12.9. The summed E-state index contributed by atoms with van der Waals surface area (Å²) in [6, 6.07) is 17.9. The Bertz CT molecular complexity index is 1040. The van der Waals surface area contributed by atoms with E-state index in [0.717, 1.165) is 11.3 Å². The van der Waals surface area contributed by atoms with Crippen LogP contribution in [0.1, 0.15) is 16.2 Å². The van der Waals surface area contributed by atoms with Crippen molar-refractivity contribution in [3.63, 3.8) is 0 Å². The summed E-state index contributed by atoms with van der Waals surface area (Å²) in [4.78, 5) is 35.9. The first-order valence-electron chi connectivity index (χ1n) is 9.26. The Morgan fingerprint density at radius 3 is 2.72 bits per heavy atom. The molecular formula is C22H20N4O2S. The molecule has 2 heterocycles. The maximum Gasteiger partial charge on any atom is 0.255 e. The van der Waals surface area contributed by atoms with Crippen LogP contribution in [-0.4, -0.2) is 44.4 Å². The molecular weight excluding hydrogens is 384 g/mol. The third-order valence-corrected chi connectivity index (χ3v) is 5.68. The van der Waals surface area contributed by atoms with Gasteiger partial charge in [0.25, 0.3) is 5.91 Å². The molecule has 1 aliphatic rings. The standard InChI is InChI=1S/C22H20N4O2S/c1-15-23-11-10-19(24-15)17-8-5-9-18(12-17)25-21(27)20-13-29-14-26(20)22(28)16-6-3-2-4-7-16/h2-12,20H,13-14H2,1H3,(H,25,27). The molecule has 6 nitrogen and oxygen atoms in total. The molecule has 2 amide bonds. The van der Waals surface area contributed by atoms with Gasteiger partial charge in [-0.15, -0.1) is 11.8 Å². The Kier molecular flexibility index (Phi) is 5.57. The summed E-state index contributed by atoms with van der Waals surface area (Å²) in [6.45, 7) is 1.84. The van der Waals surface area contributed by atoms with Crippen LogP contribution in [0.4, 0.5) is 5.69 Å². The molecule has 146 valence electrons. The number of rotatable bonds is 4. The fourth-order valence-electron chi connectivity index (χ4n) is 3.21. The zero-order valence-corrected chi connectivity index (χ0v) is 16.7. The van der Waals surface area contributed by atoms with Crippen molar-refractivity contribution in [3.8, 4) is 11.3 Å². The molecule has 1 N–H and O–H groups in total. The largest absolute Gasteiger partial charge is 0.324 e. The van der Waals surface area contributed by atoms with Crippen molar-refractivity contribution in [2.24, 2.45) is 0 Å². The second-order valence-electron chi connectivity index (χ2n) is 6.72. The minimum absolute atomic E-state index is 0.124. The van der Waals surface area contributed by atoms with Gasteiger partial charge in [-0.3, -0.25) is 9.59 Å². The number of anilines is 1. The molecule has 1 atom stereocenters. The molecule has 0 radical (unpaired) electrons. The van der Waals surface area contributed by atoms with E-state index in [1.54, 1.807) is 35.0 Å². The van der Waals surface area contributed by atoms with Gasteiger partial charge in [-0.2, -0.15) is 0 Å². The number of hydrogen-bond acceptors (Lipinski definition) is 5. The molecule has 0 bridgehead atoms. The van der Waals surface area contributed by atoms with Gasteiger partial charge in [0.2, 0.25) is 5.91 Å². The van der Waals surface area contributed by atoms with E-state index in [-0.39, 0.29) is 11.8 Å². The minimum Gasteiger partial charge on any atom is -0.324 e. The predicted octanol–water partition coefficient (Wildman–Crippen LogP) is 3.61. The number of aromatic nitrogens is 2. The van der Waals surface area contributed by atoms with Crippen molar-refractivity contribution in [2.75, 3.05) is 16.9 Å². The normalized spacial score (nSPS) is 15.9. The average Bonchev–Trinajstić information content (AvgIpc) is 3.24. The highest BCUT2D eigenvalue weighted by molar-refractivity contribution is 7.99. The van der Waals surface area contributed by atoms with Crippen LogP contribution in [0.2, 0.25) is 0 Å². The van der Waals surface area contributed by atoms with E-state index in [0.29, 0.717) is 28.7 Å². The molecule has 0 spiro atoms. The Balaban J connectivity index is 1.50. The molecule has 1 aromatic heterocycles. The molecule has 0 aliphatic carbocycles. The summed E-state index contributed by atoms with van der Waals surface area (Å²) in [5.41, 5.74) is 2.96. The van der Waals surface area contributed by atoms with Gasteiger partial charge < -0.3 is 10.2 Å². The van der Waals surface area contributed by atoms with Crippen LogP contribution >= 0.6 is 11.8 Å². The number of nitrogens with one attached hydrogen (secondary N) is 1. The number of amides is 2. The molecule has 2 aromatic carbocycles. The highest BCUT2D eigenvalue weighted by Crippen LogP contribution is 2.25. The maximum absolute atomic E-state index is 12.9. The highest BCUT2D eigenvalue weighted by atomic mass is 32.2. The second-order valence-corrected chi connectivity index (χ2v) is 7.72. The molecule has 1 fully saturated rings. The van der Waals surface area contributed by atoms with E-state index < -0.39 is 6.04 Å². The first-order valence-corrected chi connectivity index (χ1v) is 10.4. The molecule has 3 aromatic rings. The van der Waals surface area contributed by atoms with Crippen molar-refractivity contribution < 1.29 is 9.59 Å². The summed E-state index contributed by atoms with van der Waals surface area (Å²) in [7, 11) is 0. The molecule has 7 heteroatoms. The smallest absolute Gasteiger partial charge is 0.255 e. The van der Waals surface area contributed by atoms with Gasteiger partial charge in [0.15, 0.2) is 0 Å². The Labute approximate surface area is 173 Å². The van der Waals surface area contributed by atoms with Crippen molar-refractivity contribution in [1.29, 1.82) is 0 Å². The predicted molar refractivity (Wildman–Crippen MR) is 115 cm³/mol. The van der Waals surface area contributed by atoms with E-state index in [1.807, 2.05) is 55.5 Å². The monoisotopic (exact) mass is 404 g/mol. The van der Waals surface area contributed by atoms with Crippen molar-refractivity contribution in [2.45, 2.75) is 13.0 Å². The number of thioether (sulfide) groups is 1. The third kappa shape index (κ3) is 4.30. The number of aryl methyl sites for hydroxylation is 1. The lowest BCUT2D eigenvalue weighted by Gasteiger charge is -2.23. The van der Waals surface area contributed by atoms with Crippen molar-refractivity contribution in [1.82, 2.24) is 14.9 Å². The topological polar surface area (TPSA) is 75.2 Å². The van der Waals surface area contributed by atoms with Crippen LogP contribution in [0.15, 0.2) is 66.9 Å². The first-order chi connectivity index (χ1) is 14.1. The summed E-state index contributed by atoms with van der Waals surface area (Å²) >= 11 is 1.58. The van der Waals surface area contributed by atoms with Crippen molar-refractivity contribution in [3.05, 3.63) is 78.2 Å². The molecule has 1 unspecified atom stereocenters. The van der Waals surface area contributed by atoms with Gasteiger partial charge in [0, 0.05) is 28.8 Å². The molecule has 1 saturated heterocycles. The summed E-state index contributed by atoms with van der Waals surface area (Å²) in [6.07, 6.45) is 1.71. The van der Waals surface area contributed by atoms with E-state index in [9.17, 15) is 9.59 Å². The van der Waals surface area contributed by atoms with E-state index in [1.165, 1.54) is 0 Å². The van der Waals surface area contributed by atoms with Crippen LogP contribution in [0.25, 0.3) is 11.3 Å².